The van der Waals surface area contributed by atoms with Crippen LogP contribution < -0.4 is 11.3 Å². The first-order chi connectivity index (χ1) is 7.24. The number of aromatic amines is 1. The van der Waals surface area contributed by atoms with Crippen LogP contribution in [0, 0.1) is 0 Å². The van der Waals surface area contributed by atoms with E-state index in [0.29, 0.717) is 16.0 Å². The third-order valence-corrected chi connectivity index (χ3v) is 2.43. The van der Waals surface area contributed by atoms with E-state index < -0.39 is 0 Å². The minimum Gasteiger partial charge on any atom is -0.384 e. The molecule has 2 rings (SSSR count). The van der Waals surface area contributed by atoms with Crippen molar-refractivity contribution in [3.8, 4) is 0 Å². The van der Waals surface area contributed by atoms with Gasteiger partial charge in [-0.3, -0.25) is 4.79 Å². The molecule has 0 aliphatic rings. The Hall–Kier alpha value is -1.82. The molecule has 0 saturated carbocycles. The summed E-state index contributed by atoms with van der Waals surface area (Å²) < 4.78 is 0. The molecule has 0 aliphatic heterocycles. The highest BCUT2D eigenvalue weighted by Crippen LogP contribution is 2.21. The van der Waals surface area contributed by atoms with E-state index in [9.17, 15) is 4.79 Å². The van der Waals surface area contributed by atoms with Crippen molar-refractivity contribution in [1.82, 2.24) is 15.0 Å². The van der Waals surface area contributed by atoms with Crippen molar-refractivity contribution >= 4 is 17.6 Å². The lowest BCUT2D eigenvalue weighted by Crippen LogP contribution is -2.05. The minimum atomic E-state index is -0.184. The van der Waals surface area contributed by atoms with Crippen molar-refractivity contribution in [2.45, 2.75) is 10.2 Å². The molecule has 0 aromatic carbocycles. The first-order valence-electron chi connectivity index (χ1n) is 4.20. The number of hydrogen-bond acceptors (Lipinski definition) is 5. The summed E-state index contributed by atoms with van der Waals surface area (Å²) in [5.41, 5.74) is 5.34. The fraction of sp³-hybridized carbons (Fsp3) is 0. The minimum absolute atomic E-state index is 0.184. The smallest absolute Gasteiger partial charge is 0.251 e. The molecule has 0 amide bonds. The molecule has 0 saturated heterocycles. The topological polar surface area (TPSA) is 84.7 Å². The van der Waals surface area contributed by atoms with Gasteiger partial charge in [-0.05, 0) is 23.9 Å². The van der Waals surface area contributed by atoms with Gasteiger partial charge >= 0.3 is 0 Å². The number of H-pyrrole nitrogens is 1. The summed E-state index contributed by atoms with van der Waals surface area (Å²) in [6, 6.07) is 6.65. The van der Waals surface area contributed by atoms with Crippen molar-refractivity contribution in [3.05, 3.63) is 40.8 Å². The van der Waals surface area contributed by atoms with E-state index >= 15 is 0 Å². The Labute approximate surface area is 89.8 Å². The molecule has 0 atom stereocenters. The maximum atomic E-state index is 11.0. The maximum absolute atomic E-state index is 11.0. The molecule has 15 heavy (non-hydrogen) atoms. The standard InChI is InChI=1S/C9H8N4OS/c10-6-2-1-3-8(12-6)15-9-11-5-4-7(14)13-9/h1-5H,(H2,10,12)(H,11,13,14). The molecule has 0 radical (unpaired) electrons. The quantitative estimate of drug-likeness (QED) is 0.734. The molecule has 0 spiro atoms. The second kappa shape index (κ2) is 4.14. The van der Waals surface area contributed by atoms with Gasteiger partial charge in [0.15, 0.2) is 5.16 Å². The first kappa shape index (κ1) is 9.72. The zero-order valence-electron chi connectivity index (χ0n) is 7.68. The van der Waals surface area contributed by atoms with Crippen molar-refractivity contribution in [2.24, 2.45) is 0 Å². The van der Waals surface area contributed by atoms with Gasteiger partial charge in [-0.25, -0.2) is 9.97 Å². The summed E-state index contributed by atoms with van der Waals surface area (Å²) in [7, 11) is 0. The van der Waals surface area contributed by atoms with Gasteiger partial charge in [0.2, 0.25) is 0 Å². The molecule has 0 fully saturated rings. The second-order valence-electron chi connectivity index (χ2n) is 2.74. The van der Waals surface area contributed by atoms with Crippen molar-refractivity contribution in [1.29, 1.82) is 0 Å². The Morgan fingerprint density at radius 3 is 2.93 bits per heavy atom. The molecule has 6 heteroatoms. The molecule has 3 N–H and O–H groups in total. The van der Waals surface area contributed by atoms with Gasteiger partial charge in [0.05, 0.1) is 0 Å². The molecule has 5 nitrogen and oxygen atoms in total. The van der Waals surface area contributed by atoms with Crippen LogP contribution in [0.4, 0.5) is 5.82 Å². The highest BCUT2D eigenvalue weighted by atomic mass is 32.2. The lowest BCUT2D eigenvalue weighted by atomic mass is 10.5. The van der Waals surface area contributed by atoms with E-state index in [1.165, 1.54) is 24.0 Å². The molecule has 2 heterocycles. The van der Waals surface area contributed by atoms with Gasteiger partial charge in [0.1, 0.15) is 10.8 Å². The zero-order valence-corrected chi connectivity index (χ0v) is 8.49. The number of hydrogen-bond donors (Lipinski definition) is 2. The largest absolute Gasteiger partial charge is 0.384 e. The van der Waals surface area contributed by atoms with E-state index in [4.69, 9.17) is 5.73 Å². The Morgan fingerprint density at radius 1 is 1.33 bits per heavy atom. The third kappa shape index (κ3) is 2.57. The van der Waals surface area contributed by atoms with Crippen LogP contribution in [0.1, 0.15) is 0 Å². The lowest BCUT2D eigenvalue weighted by molar-refractivity contribution is 0.932. The Morgan fingerprint density at radius 2 is 2.20 bits per heavy atom. The predicted octanol–water partition coefficient (Wildman–Crippen LogP) is 0.898. The normalized spacial score (nSPS) is 10.1. The monoisotopic (exact) mass is 220 g/mol. The lowest BCUT2D eigenvalue weighted by Gasteiger charge is -1.99. The number of anilines is 1. The summed E-state index contributed by atoms with van der Waals surface area (Å²) in [4.78, 5) is 21.7. The average molecular weight is 220 g/mol. The predicted molar refractivity (Wildman–Crippen MR) is 57.6 cm³/mol. The van der Waals surface area contributed by atoms with E-state index in [1.807, 2.05) is 0 Å². The van der Waals surface area contributed by atoms with Gasteiger partial charge < -0.3 is 10.7 Å². The maximum Gasteiger partial charge on any atom is 0.251 e. The van der Waals surface area contributed by atoms with Crippen LogP contribution in [0.3, 0.4) is 0 Å². The number of nitrogens with zero attached hydrogens (tertiary/aromatic N) is 2. The van der Waals surface area contributed by atoms with E-state index in [-0.39, 0.29) is 5.56 Å². The van der Waals surface area contributed by atoms with Crippen LogP contribution in [0.25, 0.3) is 0 Å². The van der Waals surface area contributed by atoms with Crippen LogP contribution in [0.5, 0.6) is 0 Å². The van der Waals surface area contributed by atoms with Gasteiger partial charge in [-0.1, -0.05) is 6.07 Å². The second-order valence-corrected chi connectivity index (χ2v) is 3.75. The van der Waals surface area contributed by atoms with Gasteiger partial charge in [-0.2, -0.15) is 0 Å². The van der Waals surface area contributed by atoms with Crippen LogP contribution >= 0.6 is 11.8 Å². The van der Waals surface area contributed by atoms with Crippen LogP contribution in [-0.4, -0.2) is 15.0 Å². The molecule has 2 aromatic heterocycles. The van der Waals surface area contributed by atoms with Crippen molar-refractivity contribution in [3.63, 3.8) is 0 Å². The molecular weight excluding hydrogens is 212 g/mol. The van der Waals surface area contributed by atoms with E-state index in [2.05, 4.69) is 15.0 Å². The number of nitrogens with two attached hydrogens (primary N) is 1. The Kier molecular flexibility index (Phi) is 2.68. The first-order valence-corrected chi connectivity index (χ1v) is 5.01. The SMILES string of the molecule is Nc1cccc(Sc2nccc(=O)[nH]2)n1. The summed E-state index contributed by atoms with van der Waals surface area (Å²) in [5, 5.41) is 1.20. The molecular formula is C9H8N4OS. The van der Waals surface area contributed by atoms with E-state index in [0.717, 1.165) is 0 Å². The van der Waals surface area contributed by atoms with Crippen LogP contribution in [-0.2, 0) is 0 Å². The molecule has 0 unspecified atom stereocenters. The van der Waals surface area contributed by atoms with Gasteiger partial charge in [0.25, 0.3) is 5.56 Å². The summed E-state index contributed by atoms with van der Waals surface area (Å²) in [6.07, 6.45) is 1.45. The van der Waals surface area contributed by atoms with Gasteiger partial charge in [-0.15, -0.1) is 0 Å². The summed E-state index contributed by atoms with van der Waals surface area (Å²) in [5.74, 6) is 0.443. The third-order valence-electron chi connectivity index (χ3n) is 1.59. The van der Waals surface area contributed by atoms with E-state index in [1.54, 1.807) is 18.2 Å². The fourth-order valence-corrected chi connectivity index (χ4v) is 1.75. The number of aromatic nitrogens is 3. The summed E-state index contributed by atoms with van der Waals surface area (Å²) >= 11 is 1.26. The number of nitrogens with one attached hydrogen (secondary N) is 1. The number of pyridine rings is 1. The molecule has 2 aromatic rings. The fourth-order valence-electron chi connectivity index (χ4n) is 0.991. The summed E-state index contributed by atoms with van der Waals surface area (Å²) in [6.45, 7) is 0. The van der Waals surface area contributed by atoms with Crippen molar-refractivity contribution < 1.29 is 0 Å². The van der Waals surface area contributed by atoms with Crippen LogP contribution in [0.15, 0.2) is 45.4 Å². The number of rotatable bonds is 2. The highest BCUT2D eigenvalue weighted by Gasteiger charge is 2.00. The highest BCUT2D eigenvalue weighted by molar-refractivity contribution is 7.99. The van der Waals surface area contributed by atoms with Crippen LogP contribution in [0.2, 0.25) is 0 Å². The van der Waals surface area contributed by atoms with Gasteiger partial charge in [0, 0.05) is 12.3 Å². The van der Waals surface area contributed by atoms with Crippen molar-refractivity contribution in [2.75, 3.05) is 5.73 Å². The molecule has 76 valence electrons. The zero-order chi connectivity index (χ0) is 10.7. The molecule has 0 aliphatic carbocycles. The Bertz CT molecular complexity index is 525. The Balaban J connectivity index is 2.26. The number of nitrogen functional groups attached to an aromatic ring is 1. The average Bonchev–Trinajstić information content (AvgIpc) is 2.17. The molecule has 0 bridgehead atoms.